The molecular formula is C24H21NO6. The lowest BCUT2D eigenvalue weighted by Gasteiger charge is -2.09. The first kappa shape index (κ1) is 21.6. The largest absolute Gasteiger partial charge is 0.497 e. The van der Waals surface area contributed by atoms with Crippen molar-refractivity contribution in [2.24, 2.45) is 0 Å². The van der Waals surface area contributed by atoms with E-state index < -0.39 is 18.5 Å². The van der Waals surface area contributed by atoms with Gasteiger partial charge in [-0.15, -0.1) is 0 Å². The number of ether oxygens (including phenoxy) is 3. The molecule has 3 rings (SSSR count). The van der Waals surface area contributed by atoms with Crippen LogP contribution in [0.1, 0.15) is 15.9 Å². The van der Waals surface area contributed by atoms with E-state index >= 15 is 0 Å². The highest BCUT2D eigenvalue weighted by Gasteiger charge is 2.11. The first-order chi connectivity index (χ1) is 15.0. The van der Waals surface area contributed by atoms with E-state index in [1.807, 2.05) is 6.07 Å². The average molecular weight is 419 g/mol. The van der Waals surface area contributed by atoms with Gasteiger partial charge in [0.2, 0.25) is 0 Å². The van der Waals surface area contributed by atoms with Gasteiger partial charge in [0.25, 0.3) is 5.91 Å². The van der Waals surface area contributed by atoms with Crippen molar-refractivity contribution < 1.29 is 28.6 Å². The summed E-state index contributed by atoms with van der Waals surface area (Å²) in [6.07, 6.45) is 0. The van der Waals surface area contributed by atoms with E-state index in [0.717, 1.165) is 0 Å². The van der Waals surface area contributed by atoms with Gasteiger partial charge in [0.15, 0.2) is 19.0 Å². The maximum atomic E-state index is 12.4. The van der Waals surface area contributed by atoms with Crippen LogP contribution in [-0.2, 0) is 14.3 Å². The van der Waals surface area contributed by atoms with Gasteiger partial charge in [-0.25, -0.2) is 4.79 Å². The fourth-order valence-corrected chi connectivity index (χ4v) is 2.69. The Morgan fingerprint density at radius 3 is 2.19 bits per heavy atom. The van der Waals surface area contributed by atoms with E-state index in [4.69, 9.17) is 14.2 Å². The normalized spacial score (nSPS) is 10.1. The summed E-state index contributed by atoms with van der Waals surface area (Å²) in [6, 6.07) is 22.2. The van der Waals surface area contributed by atoms with Gasteiger partial charge in [0, 0.05) is 22.9 Å². The lowest BCUT2D eigenvalue weighted by atomic mass is 10.0. The second-order valence-electron chi connectivity index (χ2n) is 6.45. The molecule has 3 aromatic carbocycles. The molecule has 0 aliphatic carbocycles. The highest BCUT2D eigenvalue weighted by Crippen LogP contribution is 2.17. The van der Waals surface area contributed by atoms with E-state index in [1.54, 1.807) is 72.8 Å². The molecule has 0 aromatic heterocycles. The Balaban J connectivity index is 1.43. The fourth-order valence-electron chi connectivity index (χ4n) is 2.69. The molecule has 0 fully saturated rings. The van der Waals surface area contributed by atoms with E-state index in [0.29, 0.717) is 28.3 Å². The number of methoxy groups -OCH3 is 1. The predicted molar refractivity (Wildman–Crippen MR) is 114 cm³/mol. The number of amides is 1. The zero-order valence-corrected chi connectivity index (χ0v) is 16.9. The van der Waals surface area contributed by atoms with Crippen molar-refractivity contribution in [3.8, 4) is 11.5 Å². The molecule has 0 heterocycles. The summed E-state index contributed by atoms with van der Waals surface area (Å²) < 4.78 is 15.3. The highest BCUT2D eigenvalue weighted by molar-refractivity contribution is 6.09. The summed E-state index contributed by atoms with van der Waals surface area (Å²) in [4.78, 5) is 36.1. The first-order valence-electron chi connectivity index (χ1n) is 9.47. The Labute approximate surface area is 179 Å². The van der Waals surface area contributed by atoms with Crippen LogP contribution >= 0.6 is 0 Å². The van der Waals surface area contributed by atoms with Crippen molar-refractivity contribution in [2.75, 3.05) is 25.6 Å². The summed E-state index contributed by atoms with van der Waals surface area (Å²) in [5.41, 5.74) is 1.63. The molecule has 0 saturated carbocycles. The zero-order chi connectivity index (χ0) is 22.1. The summed E-state index contributed by atoms with van der Waals surface area (Å²) in [6.45, 7) is -0.803. The lowest BCUT2D eigenvalue weighted by Crippen LogP contribution is -2.23. The highest BCUT2D eigenvalue weighted by atomic mass is 16.6. The number of benzene rings is 3. The Kier molecular flexibility index (Phi) is 7.37. The number of anilines is 1. The number of carbonyl (C=O) groups is 3. The van der Waals surface area contributed by atoms with Crippen LogP contribution in [0.5, 0.6) is 11.5 Å². The van der Waals surface area contributed by atoms with Crippen LogP contribution in [0.3, 0.4) is 0 Å². The molecule has 0 unspecified atom stereocenters. The number of rotatable bonds is 9. The Hall–Kier alpha value is -4.13. The van der Waals surface area contributed by atoms with Gasteiger partial charge in [0.1, 0.15) is 11.5 Å². The monoisotopic (exact) mass is 419 g/mol. The van der Waals surface area contributed by atoms with Crippen LogP contribution < -0.4 is 14.8 Å². The third kappa shape index (κ3) is 6.43. The number of nitrogens with one attached hydrogen (secondary N) is 1. The summed E-state index contributed by atoms with van der Waals surface area (Å²) in [7, 11) is 1.53. The minimum absolute atomic E-state index is 0.103. The SMILES string of the molecule is COc1cccc(NC(=O)COC(=O)COc2ccc(C(=O)c3ccccc3)cc2)c1. The van der Waals surface area contributed by atoms with Gasteiger partial charge >= 0.3 is 5.97 Å². The molecule has 0 atom stereocenters. The van der Waals surface area contributed by atoms with Gasteiger partial charge in [0.05, 0.1) is 7.11 Å². The molecule has 158 valence electrons. The molecular weight excluding hydrogens is 398 g/mol. The molecule has 7 nitrogen and oxygen atoms in total. The van der Waals surface area contributed by atoms with Crippen molar-refractivity contribution in [3.05, 3.63) is 90.0 Å². The quantitative estimate of drug-likeness (QED) is 0.422. The van der Waals surface area contributed by atoms with Crippen molar-refractivity contribution in [3.63, 3.8) is 0 Å². The van der Waals surface area contributed by atoms with Crippen molar-refractivity contribution in [1.29, 1.82) is 0 Å². The fraction of sp³-hybridized carbons (Fsp3) is 0.125. The molecule has 0 radical (unpaired) electrons. The second-order valence-corrected chi connectivity index (χ2v) is 6.45. The molecule has 0 spiro atoms. The van der Waals surface area contributed by atoms with Crippen molar-refractivity contribution in [2.45, 2.75) is 0 Å². The van der Waals surface area contributed by atoms with Crippen LogP contribution in [0.2, 0.25) is 0 Å². The number of carbonyl (C=O) groups excluding carboxylic acids is 3. The van der Waals surface area contributed by atoms with E-state index in [1.165, 1.54) is 7.11 Å². The molecule has 1 N–H and O–H groups in total. The van der Waals surface area contributed by atoms with E-state index in [9.17, 15) is 14.4 Å². The van der Waals surface area contributed by atoms with Gasteiger partial charge in [-0.3, -0.25) is 9.59 Å². The molecule has 0 saturated heterocycles. The third-order valence-corrected chi connectivity index (χ3v) is 4.23. The third-order valence-electron chi connectivity index (χ3n) is 4.23. The smallest absolute Gasteiger partial charge is 0.344 e. The number of ketones is 1. The Bertz CT molecular complexity index is 1050. The minimum atomic E-state index is -0.690. The van der Waals surface area contributed by atoms with E-state index in [-0.39, 0.29) is 12.4 Å². The van der Waals surface area contributed by atoms with Gasteiger partial charge in [-0.1, -0.05) is 36.4 Å². The van der Waals surface area contributed by atoms with Crippen LogP contribution in [0, 0.1) is 0 Å². The standard InChI is InChI=1S/C24H21NO6/c1-29-21-9-5-8-19(14-21)25-22(26)15-31-23(27)16-30-20-12-10-18(11-13-20)24(28)17-6-3-2-4-7-17/h2-14H,15-16H2,1H3,(H,25,26). The molecule has 1 amide bonds. The number of esters is 1. The van der Waals surface area contributed by atoms with Gasteiger partial charge in [-0.2, -0.15) is 0 Å². The molecule has 0 bridgehead atoms. The van der Waals surface area contributed by atoms with E-state index in [2.05, 4.69) is 5.32 Å². The molecule has 31 heavy (non-hydrogen) atoms. The Morgan fingerprint density at radius 1 is 0.774 bits per heavy atom. The van der Waals surface area contributed by atoms with Gasteiger partial charge in [-0.05, 0) is 36.4 Å². The lowest BCUT2D eigenvalue weighted by molar-refractivity contribution is -0.149. The summed E-state index contributed by atoms with van der Waals surface area (Å²) in [5, 5.41) is 2.61. The summed E-state index contributed by atoms with van der Waals surface area (Å²) >= 11 is 0. The topological polar surface area (TPSA) is 90.9 Å². The number of hydrogen-bond donors (Lipinski definition) is 1. The second kappa shape index (κ2) is 10.6. The molecule has 0 aliphatic rings. The zero-order valence-electron chi connectivity index (χ0n) is 16.9. The number of hydrogen-bond acceptors (Lipinski definition) is 6. The Morgan fingerprint density at radius 2 is 1.48 bits per heavy atom. The predicted octanol–water partition coefficient (Wildman–Crippen LogP) is 3.49. The first-order valence-corrected chi connectivity index (χ1v) is 9.47. The minimum Gasteiger partial charge on any atom is -0.497 e. The van der Waals surface area contributed by atoms with Crippen LogP contribution in [-0.4, -0.2) is 38.0 Å². The van der Waals surface area contributed by atoms with Crippen LogP contribution in [0.4, 0.5) is 5.69 Å². The maximum absolute atomic E-state index is 12.4. The summed E-state index contributed by atoms with van der Waals surface area (Å²) in [5.74, 6) is -0.272. The molecule has 3 aromatic rings. The van der Waals surface area contributed by atoms with Crippen molar-refractivity contribution in [1.82, 2.24) is 0 Å². The van der Waals surface area contributed by atoms with Gasteiger partial charge < -0.3 is 19.5 Å². The molecule has 0 aliphatic heterocycles. The van der Waals surface area contributed by atoms with Crippen LogP contribution in [0.15, 0.2) is 78.9 Å². The van der Waals surface area contributed by atoms with Crippen LogP contribution in [0.25, 0.3) is 0 Å². The van der Waals surface area contributed by atoms with Crippen molar-refractivity contribution >= 4 is 23.3 Å². The maximum Gasteiger partial charge on any atom is 0.344 e. The molecule has 7 heteroatoms. The average Bonchev–Trinajstić information content (AvgIpc) is 2.82.